The predicted octanol–water partition coefficient (Wildman–Crippen LogP) is 5.02. The van der Waals surface area contributed by atoms with Gasteiger partial charge in [0.2, 0.25) is 0 Å². The zero-order valence-electron chi connectivity index (χ0n) is 67.1. The van der Waals surface area contributed by atoms with Crippen LogP contribution in [0.3, 0.4) is 0 Å². The van der Waals surface area contributed by atoms with Gasteiger partial charge in [-0.1, -0.05) is 273 Å². The van der Waals surface area contributed by atoms with E-state index in [9.17, 15) is 0 Å². The number of quaternary nitrogens is 6. The molecule has 0 rings (SSSR count). The summed E-state index contributed by atoms with van der Waals surface area (Å²) in [5, 5.41) is 0. The maximum Gasteiger partial charge on any atom is 0.0780 e. The molecule has 6 nitrogen and oxygen atoms in total. The SMILES string of the molecule is CCCCCCCCCC[N+](C)(C)C.CCCCCCCCCC[N+](C)(C)C.CCCCCCCCCC[N+](C)(C)C.CCCCCCCCCC[N+](C)(C)C.CCCCCCCCCC[N+](C)(C)C.CCCCCCCCCC[N+](C)(C)C.[Br-].[Br-].[Br-].[Br-].[Br-].[Br-]. The minimum Gasteiger partial charge on any atom is -1.00 e. The highest BCUT2D eigenvalue weighted by Gasteiger charge is 2.09. The van der Waals surface area contributed by atoms with Crippen molar-refractivity contribution in [2.45, 2.75) is 350 Å². The monoisotopic (exact) mass is 1670 g/mol. The molecule has 0 atom stereocenters. The highest BCUT2D eigenvalue weighted by molar-refractivity contribution is 4.51. The van der Waals surface area contributed by atoms with Crippen LogP contribution < -0.4 is 102 Å². The van der Waals surface area contributed by atoms with Crippen LogP contribution in [0.1, 0.15) is 350 Å². The summed E-state index contributed by atoms with van der Waals surface area (Å²) in [6.45, 7) is 21.6. The summed E-state index contributed by atoms with van der Waals surface area (Å²) in [6, 6.07) is 0. The molecule has 90 heavy (non-hydrogen) atoms. The van der Waals surface area contributed by atoms with E-state index < -0.39 is 0 Å². The van der Waals surface area contributed by atoms with E-state index in [1.807, 2.05) is 0 Å². The molecule has 0 bridgehead atoms. The molecule has 0 aliphatic carbocycles. The topological polar surface area (TPSA) is 0 Å². The van der Waals surface area contributed by atoms with Crippen molar-refractivity contribution in [2.75, 3.05) is 166 Å². The second-order valence-electron chi connectivity index (χ2n) is 32.9. The van der Waals surface area contributed by atoms with Crippen molar-refractivity contribution < 1.29 is 129 Å². The van der Waals surface area contributed by atoms with Crippen LogP contribution in [0.5, 0.6) is 0 Å². The van der Waals surface area contributed by atoms with E-state index in [-0.39, 0.29) is 102 Å². The molecule has 0 spiro atoms. The summed E-state index contributed by atoms with van der Waals surface area (Å²) >= 11 is 0. The van der Waals surface area contributed by atoms with Crippen LogP contribution in [0.2, 0.25) is 0 Å². The van der Waals surface area contributed by atoms with Gasteiger partial charge in [0.15, 0.2) is 0 Å². The predicted molar refractivity (Wildman–Crippen MR) is 393 cm³/mol. The molecule has 0 heterocycles. The number of nitrogens with zero attached hydrogens (tertiary/aromatic N) is 6. The molecule has 0 saturated heterocycles. The maximum atomic E-state index is 2.28. The molecule has 0 unspecified atom stereocenters. The Morgan fingerprint density at radius 1 is 0.111 bits per heavy atom. The van der Waals surface area contributed by atoms with Gasteiger partial charge in [-0.05, 0) is 77.0 Å². The summed E-state index contributed by atoms with van der Waals surface area (Å²) in [5.74, 6) is 0. The Kier molecular flexibility index (Phi) is 117. The Balaban J connectivity index is -0.0000000801. The third-order valence-corrected chi connectivity index (χ3v) is 16.1. The molecule has 0 aliphatic heterocycles. The van der Waals surface area contributed by atoms with Gasteiger partial charge in [0, 0.05) is 0 Å². The van der Waals surface area contributed by atoms with Crippen LogP contribution in [0.4, 0.5) is 0 Å². The molecule has 0 fully saturated rings. The fourth-order valence-corrected chi connectivity index (χ4v) is 10.3. The Morgan fingerprint density at radius 2 is 0.178 bits per heavy atom. The number of unbranched alkanes of at least 4 members (excludes halogenated alkanes) is 42. The fourth-order valence-electron chi connectivity index (χ4n) is 10.3. The lowest BCUT2D eigenvalue weighted by molar-refractivity contribution is -0.870. The van der Waals surface area contributed by atoms with E-state index in [0.717, 1.165) is 26.9 Å². The minimum absolute atomic E-state index is 0. The van der Waals surface area contributed by atoms with Gasteiger partial charge in [0.1, 0.15) is 0 Å². The third-order valence-electron chi connectivity index (χ3n) is 16.1. The van der Waals surface area contributed by atoms with Crippen LogP contribution >= 0.6 is 0 Å². The summed E-state index contributed by atoms with van der Waals surface area (Å²) in [6.07, 6.45) is 68.6. The highest BCUT2D eigenvalue weighted by atomic mass is 79.9. The zero-order valence-corrected chi connectivity index (χ0v) is 76.7. The van der Waals surface area contributed by atoms with Crippen molar-refractivity contribution in [3.63, 3.8) is 0 Å². The number of halogens is 6. The highest BCUT2D eigenvalue weighted by Crippen LogP contribution is 2.15. The molecule has 0 saturated carbocycles. The van der Waals surface area contributed by atoms with Gasteiger partial charge in [-0.3, -0.25) is 0 Å². The fraction of sp³-hybridized carbons (Fsp3) is 1.00. The van der Waals surface area contributed by atoms with E-state index in [1.165, 1.54) is 347 Å². The van der Waals surface area contributed by atoms with Crippen molar-refractivity contribution in [2.24, 2.45) is 0 Å². The summed E-state index contributed by atoms with van der Waals surface area (Å²) in [4.78, 5) is 0. The first-order chi connectivity index (χ1) is 39.4. The van der Waals surface area contributed by atoms with Crippen molar-refractivity contribution in [1.29, 1.82) is 0 Å². The van der Waals surface area contributed by atoms with Crippen molar-refractivity contribution in [3.8, 4) is 0 Å². The largest absolute Gasteiger partial charge is 1.00 e. The molecule has 564 valence electrons. The van der Waals surface area contributed by atoms with E-state index in [2.05, 4.69) is 168 Å². The van der Waals surface area contributed by atoms with Crippen molar-refractivity contribution in [3.05, 3.63) is 0 Å². The number of hydrogen-bond donors (Lipinski definition) is 0. The molecular weight excluding hydrogens is 1500 g/mol. The smallest absolute Gasteiger partial charge is 0.0780 e. The van der Waals surface area contributed by atoms with Gasteiger partial charge in [-0.15, -0.1) is 0 Å². The standard InChI is InChI=1S/6C13H30N.6BrH/c6*1-5-6-7-8-9-10-11-12-13-14(2,3)4;;;;;;/h6*5-13H2,1-4H3;6*1H/q6*+1;;;;;;/p-6. The number of rotatable bonds is 54. The summed E-state index contributed by atoms with van der Waals surface area (Å²) < 4.78 is 6.73. The van der Waals surface area contributed by atoms with Gasteiger partial charge in [-0.25, -0.2) is 0 Å². The van der Waals surface area contributed by atoms with Crippen molar-refractivity contribution >= 4 is 0 Å². The quantitative estimate of drug-likeness (QED) is 0.0594. The van der Waals surface area contributed by atoms with Crippen LogP contribution in [0.15, 0.2) is 0 Å². The Hall–Kier alpha value is 2.64. The van der Waals surface area contributed by atoms with E-state index in [0.29, 0.717) is 0 Å². The second kappa shape index (κ2) is 87.7. The average molecular weight is 1680 g/mol. The van der Waals surface area contributed by atoms with Crippen LogP contribution in [-0.4, -0.2) is 193 Å². The molecule has 0 aliphatic rings. The molecule has 0 N–H and O–H groups in total. The van der Waals surface area contributed by atoms with Crippen LogP contribution in [0.25, 0.3) is 0 Å². The van der Waals surface area contributed by atoms with Crippen LogP contribution in [-0.2, 0) is 0 Å². The Bertz CT molecular complexity index is 942. The second-order valence-corrected chi connectivity index (χ2v) is 32.9. The first-order valence-corrected chi connectivity index (χ1v) is 38.2. The molecule has 0 radical (unpaired) electrons. The third kappa shape index (κ3) is 155. The van der Waals surface area contributed by atoms with Gasteiger partial charge in [0.05, 0.1) is 166 Å². The van der Waals surface area contributed by atoms with Crippen molar-refractivity contribution in [1.82, 2.24) is 0 Å². The summed E-state index contributed by atoms with van der Waals surface area (Å²) in [5.41, 5.74) is 0. The molecule has 0 aromatic rings. The molecule has 12 heteroatoms. The average Bonchev–Trinajstić information content (AvgIpc) is 3.38. The van der Waals surface area contributed by atoms with E-state index in [4.69, 9.17) is 0 Å². The first kappa shape index (κ1) is 120. The van der Waals surface area contributed by atoms with Gasteiger partial charge in [-0.2, -0.15) is 0 Å². The van der Waals surface area contributed by atoms with E-state index in [1.54, 1.807) is 0 Å². The summed E-state index contributed by atoms with van der Waals surface area (Å²) in [7, 11) is 41.0. The van der Waals surface area contributed by atoms with Gasteiger partial charge in [0.25, 0.3) is 0 Å². The van der Waals surface area contributed by atoms with Gasteiger partial charge >= 0.3 is 0 Å². The van der Waals surface area contributed by atoms with Gasteiger partial charge < -0.3 is 129 Å². The maximum absolute atomic E-state index is 2.28. The van der Waals surface area contributed by atoms with Crippen LogP contribution in [0, 0.1) is 0 Å². The first-order valence-electron chi connectivity index (χ1n) is 38.2. The molecule has 0 amide bonds. The lowest BCUT2D eigenvalue weighted by Crippen LogP contribution is -3.00. The zero-order chi connectivity index (χ0) is 65.2. The Morgan fingerprint density at radius 3 is 0.244 bits per heavy atom. The normalized spacial score (nSPS) is 11.2. The number of hydrogen-bond acceptors (Lipinski definition) is 0. The molecule has 0 aromatic carbocycles. The molecular formula is C78H180Br6N6. The molecule has 0 aromatic heterocycles. The lowest BCUT2D eigenvalue weighted by Gasteiger charge is -2.23. The van der Waals surface area contributed by atoms with E-state index >= 15 is 0 Å². The Labute approximate surface area is 639 Å². The minimum atomic E-state index is 0. The lowest BCUT2D eigenvalue weighted by atomic mass is 10.1.